The second-order valence-corrected chi connectivity index (χ2v) is 6.04. The first-order chi connectivity index (χ1) is 10.3. The van der Waals surface area contributed by atoms with E-state index in [0.29, 0.717) is 0 Å². The molecular weight excluding hydrogens is 260 g/mol. The number of para-hydroxylation sites is 1. The van der Waals surface area contributed by atoms with Crippen molar-refractivity contribution in [3.63, 3.8) is 0 Å². The van der Waals surface area contributed by atoms with Gasteiger partial charge in [0.05, 0.1) is 11.9 Å². The average molecular weight is 284 g/mol. The van der Waals surface area contributed by atoms with E-state index in [1.807, 2.05) is 29.1 Å². The van der Waals surface area contributed by atoms with E-state index in [2.05, 4.69) is 40.7 Å². The molecule has 1 aromatic carbocycles. The van der Waals surface area contributed by atoms with Crippen LogP contribution >= 0.6 is 0 Å². The second kappa shape index (κ2) is 6.87. The van der Waals surface area contributed by atoms with Crippen molar-refractivity contribution in [3.05, 3.63) is 48.3 Å². The number of nitrogens with one attached hydrogen (secondary N) is 1. The summed E-state index contributed by atoms with van der Waals surface area (Å²) >= 11 is 0. The highest BCUT2D eigenvalue weighted by Crippen LogP contribution is 2.13. The van der Waals surface area contributed by atoms with E-state index < -0.39 is 0 Å². The molecule has 2 aromatic rings. The van der Waals surface area contributed by atoms with Crippen LogP contribution in [0.25, 0.3) is 5.69 Å². The van der Waals surface area contributed by atoms with Crippen LogP contribution in [-0.2, 0) is 6.54 Å². The largest absolute Gasteiger partial charge is 0.316 e. The summed E-state index contributed by atoms with van der Waals surface area (Å²) < 4.78 is 1.95. The van der Waals surface area contributed by atoms with Crippen molar-refractivity contribution in [1.82, 2.24) is 20.0 Å². The molecule has 21 heavy (non-hydrogen) atoms. The number of benzene rings is 1. The van der Waals surface area contributed by atoms with E-state index >= 15 is 0 Å². The Labute approximate surface area is 126 Å². The van der Waals surface area contributed by atoms with Crippen molar-refractivity contribution in [1.29, 1.82) is 0 Å². The van der Waals surface area contributed by atoms with Crippen LogP contribution in [0.3, 0.4) is 0 Å². The normalized spacial score (nSPS) is 19.0. The van der Waals surface area contributed by atoms with Gasteiger partial charge in [-0.2, -0.15) is 5.10 Å². The molecule has 1 saturated heterocycles. The molecule has 0 aliphatic carbocycles. The van der Waals surface area contributed by atoms with Crippen LogP contribution in [0.4, 0.5) is 0 Å². The summed E-state index contributed by atoms with van der Waals surface area (Å²) in [6, 6.07) is 10.3. The van der Waals surface area contributed by atoms with Crippen molar-refractivity contribution < 1.29 is 0 Å². The van der Waals surface area contributed by atoms with Gasteiger partial charge in [0.25, 0.3) is 0 Å². The van der Waals surface area contributed by atoms with Gasteiger partial charge in [-0.3, -0.25) is 0 Å². The van der Waals surface area contributed by atoms with E-state index in [1.54, 1.807) is 0 Å². The Morgan fingerprint density at radius 1 is 1.33 bits per heavy atom. The Morgan fingerprint density at radius 2 is 2.19 bits per heavy atom. The molecule has 0 amide bonds. The Morgan fingerprint density at radius 3 is 2.95 bits per heavy atom. The summed E-state index contributed by atoms with van der Waals surface area (Å²) in [6.07, 6.45) is 6.76. The molecule has 4 nitrogen and oxygen atoms in total. The van der Waals surface area contributed by atoms with Crippen molar-refractivity contribution >= 4 is 0 Å². The van der Waals surface area contributed by atoms with Gasteiger partial charge >= 0.3 is 0 Å². The van der Waals surface area contributed by atoms with E-state index in [0.717, 1.165) is 31.2 Å². The molecular formula is C17H24N4. The summed E-state index contributed by atoms with van der Waals surface area (Å²) in [5.41, 5.74) is 2.38. The molecule has 1 unspecified atom stereocenters. The minimum Gasteiger partial charge on any atom is -0.316 e. The van der Waals surface area contributed by atoms with E-state index in [1.165, 1.54) is 24.9 Å². The molecule has 1 atom stereocenters. The first kappa shape index (κ1) is 14.3. The third-order valence-electron chi connectivity index (χ3n) is 4.08. The molecule has 1 aliphatic heterocycles. The van der Waals surface area contributed by atoms with Crippen LogP contribution < -0.4 is 5.32 Å². The van der Waals surface area contributed by atoms with Crippen molar-refractivity contribution in [2.75, 3.05) is 26.7 Å². The highest BCUT2D eigenvalue weighted by atomic mass is 15.3. The van der Waals surface area contributed by atoms with Crippen molar-refractivity contribution in [2.24, 2.45) is 5.92 Å². The fourth-order valence-electron chi connectivity index (χ4n) is 3.06. The molecule has 3 rings (SSSR count). The highest BCUT2D eigenvalue weighted by Gasteiger charge is 2.15. The van der Waals surface area contributed by atoms with Gasteiger partial charge in [-0.15, -0.1) is 0 Å². The van der Waals surface area contributed by atoms with Crippen LogP contribution in [0.5, 0.6) is 0 Å². The Kier molecular flexibility index (Phi) is 4.68. The Bertz CT molecular complexity index is 543. The lowest BCUT2D eigenvalue weighted by molar-refractivity contribution is 0.237. The predicted molar refractivity (Wildman–Crippen MR) is 85.5 cm³/mol. The molecule has 0 bridgehead atoms. The van der Waals surface area contributed by atoms with Gasteiger partial charge in [-0.25, -0.2) is 4.68 Å². The molecule has 0 spiro atoms. The number of hydrogen-bond acceptors (Lipinski definition) is 3. The Hall–Kier alpha value is -1.65. The average Bonchev–Trinajstić information content (AvgIpc) is 2.97. The molecule has 1 aromatic heterocycles. The lowest BCUT2D eigenvalue weighted by atomic mass is 9.99. The van der Waals surface area contributed by atoms with Crippen LogP contribution in [0.2, 0.25) is 0 Å². The summed E-state index contributed by atoms with van der Waals surface area (Å²) in [6.45, 7) is 4.46. The van der Waals surface area contributed by atoms with Crippen LogP contribution in [-0.4, -0.2) is 41.4 Å². The lowest BCUT2D eigenvalue weighted by Crippen LogP contribution is -2.36. The van der Waals surface area contributed by atoms with Gasteiger partial charge in [0, 0.05) is 24.8 Å². The number of piperidine rings is 1. The van der Waals surface area contributed by atoms with Gasteiger partial charge in [0.1, 0.15) is 0 Å². The maximum Gasteiger partial charge on any atom is 0.0645 e. The van der Waals surface area contributed by atoms with Gasteiger partial charge in [0.2, 0.25) is 0 Å². The molecule has 1 fully saturated rings. The third kappa shape index (κ3) is 3.93. The minimum atomic E-state index is 0.785. The number of aromatic nitrogens is 2. The number of nitrogens with zero attached hydrogens (tertiary/aromatic N) is 3. The third-order valence-corrected chi connectivity index (χ3v) is 4.08. The highest BCUT2D eigenvalue weighted by molar-refractivity contribution is 5.30. The van der Waals surface area contributed by atoms with E-state index in [-0.39, 0.29) is 0 Å². The quantitative estimate of drug-likeness (QED) is 0.914. The molecule has 4 heteroatoms. The summed E-state index contributed by atoms with van der Waals surface area (Å²) in [7, 11) is 2.20. The summed E-state index contributed by atoms with van der Waals surface area (Å²) in [5, 5.41) is 7.95. The van der Waals surface area contributed by atoms with Gasteiger partial charge < -0.3 is 10.2 Å². The molecule has 112 valence electrons. The molecule has 1 N–H and O–H groups in total. The van der Waals surface area contributed by atoms with Gasteiger partial charge in [-0.05, 0) is 51.0 Å². The number of rotatable bonds is 5. The fourth-order valence-corrected chi connectivity index (χ4v) is 3.06. The zero-order valence-corrected chi connectivity index (χ0v) is 12.7. The SMILES string of the molecule is CN(Cc1cnn(-c2ccccc2)c1)CC1CCCNC1. The van der Waals surface area contributed by atoms with Crippen molar-refractivity contribution in [3.8, 4) is 5.69 Å². The minimum absolute atomic E-state index is 0.785. The van der Waals surface area contributed by atoms with E-state index in [9.17, 15) is 0 Å². The topological polar surface area (TPSA) is 33.1 Å². The summed E-state index contributed by atoms with van der Waals surface area (Å²) in [5.74, 6) is 0.785. The van der Waals surface area contributed by atoms with Crippen LogP contribution in [0.15, 0.2) is 42.7 Å². The summed E-state index contributed by atoms with van der Waals surface area (Å²) in [4.78, 5) is 2.41. The zero-order valence-electron chi connectivity index (χ0n) is 12.7. The van der Waals surface area contributed by atoms with Gasteiger partial charge in [-0.1, -0.05) is 18.2 Å². The standard InChI is InChI=1S/C17H24N4/c1-20(12-15-6-5-9-18-10-15)13-16-11-19-21(14-16)17-7-3-2-4-8-17/h2-4,7-8,11,14-15,18H,5-6,9-10,12-13H2,1H3. The van der Waals surface area contributed by atoms with Crippen LogP contribution in [0.1, 0.15) is 18.4 Å². The molecule has 0 radical (unpaired) electrons. The lowest BCUT2D eigenvalue weighted by Gasteiger charge is -2.27. The molecule has 1 aliphatic rings. The zero-order chi connectivity index (χ0) is 14.5. The van der Waals surface area contributed by atoms with Crippen LogP contribution in [0, 0.1) is 5.92 Å². The van der Waals surface area contributed by atoms with E-state index in [4.69, 9.17) is 0 Å². The fraction of sp³-hybridized carbons (Fsp3) is 0.471. The van der Waals surface area contributed by atoms with Gasteiger partial charge in [0.15, 0.2) is 0 Å². The maximum atomic E-state index is 4.46. The predicted octanol–water partition coefficient (Wildman–Crippen LogP) is 2.30. The smallest absolute Gasteiger partial charge is 0.0645 e. The number of hydrogen-bond donors (Lipinski definition) is 1. The Balaban J connectivity index is 1.56. The van der Waals surface area contributed by atoms with Crippen molar-refractivity contribution in [2.45, 2.75) is 19.4 Å². The maximum absolute atomic E-state index is 4.46. The first-order valence-electron chi connectivity index (χ1n) is 7.79. The molecule has 0 saturated carbocycles. The first-order valence-corrected chi connectivity index (χ1v) is 7.79. The monoisotopic (exact) mass is 284 g/mol. The molecule has 2 heterocycles. The second-order valence-electron chi connectivity index (χ2n) is 6.04.